The maximum absolute atomic E-state index is 2.54. The second-order valence-electron chi connectivity index (χ2n) is 14.0. The first-order chi connectivity index (χ1) is 25.8. The second kappa shape index (κ2) is 10.3. The molecule has 0 bridgehead atoms. The monoisotopic (exact) mass is 658 g/mol. The molecule has 0 saturated heterocycles. The Labute approximate surface area is 300 Å². The highest BCUT2D eigenvalue weighted by Gasteiger charge is 2.28. The third kappa shape index (κ3) is 3.63. The molecule has 1 aliphatic carbocycles. The molecule has 9 aromatic carbocycles. The van der Waals surface area contributed by atoms with E-state index >= 15 is 0 Å². The van der Waals surface area contributed by atoms with E-state index in [4.69, 9.17) is 0 Å². The maximum Gasteiger partial charge on any atom is 0.0625 e. The van der Waals surface area contributed by atoms with Crippen LogP contribution in [0.4, 0.5) is 0 Å². The van der Waals surface area contributed by atoms with Gasteiger partial charge in [-0.2, -0.15) is 0 Å². The molecule has 0 saturated carbocycles. The van der Waals surface area contributed by atoms with Crippen LogP contribution in [0.3, 0.4) is 0 Å². The van der Waals surface area contributed by atoms with Gasteiger partial charge in [-0.25, -0.2) is 0 Å². The van der Waals surface area contributed by atoms with Gasteiger partial charge in [-0.05, 0) is 87.1 Å². The summed E-state index contributed by atoms with van der Waals surface area (Å²) < 4.78 is 4.92. The predicted octanol–water partition coefficient (Wildman–Crippen LogP) is 13.5. The average molecular weight is 659 g/mol. The zero-order valence-corrected chi connectivity index (χ0v) is 28.2. The molecule has 2 nitrogen and oxygen atoms in total. The van der Waals surface area contributed by atoms with Crippen molar-refractivity contribution in [1.29, 1.82) is 0 Å². The molecule has 0 radical (unpaired) electrons. The highest BCUT2D eigenvalue weighted by Crippen LogP contribution is 2.53. The van der Waals surface area contributed by atoms with Crippen molar-refractivity contribution in [2.45, 2.75) is 0 Å². The first-order valence-corrected chi connectivity index (χ1v) is 18.0. The van der Waals surface area contributed by atoms with Crippen molar-refractivity contribution in [2.75, 3.05) is 0 Å². The van der Waals surface area contributed by atoms with Crippen molar-refractivity contribution in [3.05, 3.63) is 182 Å². The van der Waals surface area contributed by atoms with Gasteiger partial charge in [0.25, 0.3) is 0 Å². The molecule has 0 aliphatic heterocycles. The normalized spacial score (nSPS) is 12.2. The van der Waals surface area contributed by atoms with Crippen LogP contribution in [0.5, 0.6) is 0 Å². The number of benzene rings is 9. The lowest BCUT2D eigenvalue weighted by Gasteiger charge is -2.18. The minimum atomic E-state index is 1.18. The van der Waals surface area contributed by atoms with Gasteiger partial charge in [0.05, 0.1) is 27.8 Å². The van der Waals surface area contributed by atoms with Crippen LogP contribution >= 0.6 is 0 Å². The lowest BCUT2D eigenvalue weighted by atomic mass is 9.94. The van der Waals surface area contributed by atoms with Crippen LogP contribution in [0.2, 0.25) is 0 Å². The van der Waals surface area contributed by atoms with Crippen LogP contribution < -0.4 is 0 Å². The summed E-state index contributed by atoms with van der Waals surface area (Å²) >= 11 is 0. The molecule has 52 heavy (non-hydrogen) atoms. The van der Waals surface area contributed by atoms with Gasteiger partial charge >= 0.3 is 0 Å². The summed E-state index contributed by atoms with van der Waals surface area (Å²) in [5.74, 6) is 0. The van der Waals surface area contributed by atoms with Gasteiger partial charge in [-0.15, -0.1) is 0 Å². The van der Waals surface area contributed by atoms with E-state index in [0.717, 1.165) is 0 Å². The molecule has 2 heteroatoms. The number of fused-ring (bicyclic) bond motifs is 11. The first-order valence-electron chi connectivity index (χ1n) is 18.0. The lowest BCUT2D eigenvalue weighted by molar-refractivity contribution is 1.18. The number of rotatable bonds is 3. The number of hydrogen-bond donors (Lipinski definition) is 0. The van der Waals surface area contributed by atoms with Crippen LogP contribution in [0.25, 0.3) is 110 Å². The fourth-order valence-corrected chi connectivity index (χ4v) is 9.28. The topological polar surface area (TPSA) is 9.86 Å². The van der Waals surface area contributed by atoms with Gasteiger partial charge in [0.1, 0.15) is 0 Å². The fourth-order valence-electron chi connectivity index (χ4n) is 9.28. The van der Waals surface area contributed by atoms with E-state index in [1.165, 1.54) is 110 Å². The molecule has 0 amide bonds. The molecule has 1 aliphatic rings. The molecule has 2 heterocycles. The van der Waals surface area contributed by atoms with Gasteiger partial charge in [0.2, 0.25) is 0 Å². The van der Waals surface area contributed by atoms with Crippen molar-refractivity contribution in [2.24, 2.45) is 0 Å². The molecule has 2 aromatic heterocycles. The number of para-hydroxylation sites is 3. The molecule has 0 spiro atoms. The Kier molecular flexibility index (Phi) is 5.53. The molecule has 12 rings (SSSR count). The van der Waals surface area contributed by atoms with Crippen LogP contribution in [0.15, 0.2) is 182 Å². The molecule has 0 N–H and O–H groups in total. The van der Waals surface area contributed by atoms with E-state index in [9.17, 15) is 0 Å². The van der Waals surface area contributed by atoms with Crippen molar-refractivity contribution in [3.63, 3.8) is 0 Å². The fraction of sp³-hybridized carbons (Fsp3) is 0. The molecule has 0 atom stereocenters. The second-order valence-corrected chi connectivity index (χ2v) is 14.0. The van der Waals surface area contributed by atoms with E-state index in [0.29, 0.717) is 0 Å². The van der Waals surface area contributed by atoms with Crippen LogP contribution in [0, 0.1) is 0 Å². The Morgan fingerprint density at radius 3 is 1.50 bits per heavy atom. The molecular formula is C50H30N2. The Bertz CT molecular complexity index is 3290. The Morgan fingerprint density at radius 1 is 0.288 bits per heavy atom. The summed E-state index contributed by atoms with van der Waals surface area (Å²) in [5, 5.41) is 10.3. The van der Waals surface area contributed by atoms with Gasteiger partial charge < -0.3 is 9.13 Å². The third-order valence-electron chi connectivity index (χ3n) is 11.4. The maximum atomic E-state index is 2.54. The molecule has 11 aromatic rings. The predicted molar refractivity (Wildman–Crippen MR) is 220 cm³/mol. The third-order valence-corrected chi connectivity index (χ3v) is 11.4. The summed E-state index contributed by atoms with van der Waals surface area (Å²) in [5.41, 5.74) is 15.0. The standard InChI is InChI=1S/C50H30N2/c1-2-13-33(14-3-1)51-44-23-10-8-17-36(44)42-29-31(25-27-46(42)51)32-26-28-47-43(30-32)37-18-9-11-24-45(37)52(47)50-41-20-7-5-16-35(41)39-22-12-21-38-34-15-4-6-19-40(34)49(50)48(38)39/h1-30H. The summed E-state index contributed by atoms with van der Waals surface area (Å²) in [6.07, 6.45) is 0. The van der Waals surface area contributed by atoms with E-state index in [1.807, 2.05) is 0 Å². The smallest absolute Gasteiger partial charge is 0.0625 e. The summed E-state index contributed by atoms with van der Waals surface area (Å²) in [6.45, 7) is 0. The van der Waals surface area contributed by atoms with E-state index < -0.39 is 0 Å². The molecule has 0 unspecified atom stereocenters. The van der Waals surface area contributed by atoms with Gasteiger partial charge in [-0.1, -0.05) is 133 Å². The Hall–Kier alpha value is -6.90. The van der Waals surface area contributed by atoms with Crippen LogP contribution in [0.1, 0.15) is 0 Å². The average Bonchev–Trinajstić information content (AvgIpc) is 3.85. The lowest BCUT2D eigenvalue weighted by Crippen LogP contribution is -1.99. The highest BCUT2D eigenvalue weighted by atomic mass is 15.0. The van der Waals surface area contributed by atoms with E-state index in [1.54, 1.807) is 0 Å². The molecule has 240 valence electrons. The number of hydrogen-bond acceptors (Lipinski definition) is 0. The Morgan fingerprint density at radius 2 is 0.788 bits per heavy atom. The Balaban J connectivity index is 1.14. The highest BCUT2D eigenvalue weighted by molar-refractivity contribution is 6.28. The molecule has 0 fully saturated rings. The van der Waals surface area contributed by atoms with Crippen LogP contribution in [-0.2, 0) is 0 Å². The largest absolute Gasteiger partial charge is 0.309 e. The summed E-state index contributed by atoms with van der Waals surface area (Å²) in [6, 6.07) is 67.1. The minimum absolute atomic E-state index is 1.18. The van der Waals surface area contributed by atoms with Crippen molar-refractivity contribution in [3.8, 4) is 44.8 Å². The van der Waals surface area contributed by atoms with E-state index in [-0.39, 0.29) is 0 Å². The number of aromatic nitrogens is 2. The number of nitrogens with zero attached hydrogens (tertiary/aromatic N) is 2. The molecular weight excluding hydrogens is 629 g/mol. The van der Waals surface area contributed by atoms with Crippen molar-refractivity contribution < 1.29 is 0 Å². The zero-order chi connectivity index (χ0) is 33.9. The van der Waals surface area contributed by atoms with Crippen LogP contribution in [-0.4, -0.2) is 9.13 Å². The van der Waals surface area contributed by atoms with Gasteiger partial charge in [0.15, 0.2) is 0 Å². The van der Waals surface area contributed by atoms with Crippen molar-refractivity contribution in [1.82, 2.24) is 9.13 Å². The first kappa shape index (κ1) is 27.9. The summed E-state index contributed by atoms with van der Waals surface area (Å²) in [7, 11) is 0. The summed E-state index contributed by atoms with van der Waals surface area (Å²) in [4.78, 5) is 0. The van der Waals surface area contributed by atoms with Crippen molar-refractivity contribution >= 4 is 65.2 Å². The van der Waals surface area contributed by atoms with E-state index in [2.05, 4.69) is 191 Å². The minimum Gasteiger partial charge on any atom is -0.309 e. The SMILES string of the molecule is c1ccc(-n2c3ccccc3c3cc(-c4ccc5c(c4)c4ccccc4n5-c4c5c6c(cccc6c6ccccc46)-c4ccccc4-5)ccc32)cc1. The zero-order valence-electron chi connectivity index (χ0n) is 28.2. The van der Waals surface area contributed by atoms with Gasteiger partial charge in [0, 0.05) is 43.6 Å². The quantitative estimate of drug-likeness (QED) is 0.167. The van der Waals surface area contributed by atoms with Gasteiger partial charge in [-0.3, -0.25) is 0 Å².